The van der Waals surface area contributed by atoms with Gasteiger partial charge in [-0.1, -0.05) is 26.3 Å². The second-order valence-corrected chi connectivity index (χ2v) is 16.0. The van der Waals surface area contributed by atoms with Crippen molar-refractivity contribution in [3.63, 3.8) is 0 Å². The molecule has 0 radical (unpaired) electrons. The first-order valence-electron chi connectivity index (χ1n) is 14.8. The molecule has 44 heavy (non-hydrogen) atoms. The van der Waals surface area contributed by atoms with Crippen molar-refractivity contribution in [3.05, 3.63) is 75.8 Å². The molecular formula is C31H34FN7O3S2. The first kappa shape index (κ1) is 29.2. The molecule has 2 fully saturated rings. The summed E-state index contributed by atoms with van der Waals surface area (Å²) in [6, 6.07) is 2.46. The number of pyridine rings is 1. The van der Waals surface area contributed by atoms with Crippen LogP contribution in [-0.2, 0) is 28.9 Å². The van der Waals surface area contributed by atoms with Gasteiger partial charge in [-0.15, -0.1) is 11.3 Å². The van der Waals surface area contributed by atoms with E-state index in [2.05, 4.69) is 40.9 Å². The van der Waals surface area contributed by atoms with Crippen LogP contribution >= 0.6 is 11.3 Å². The summed E-state index contributed by atoms with van der Waals surface area (Å²) in [5.41, 5.74) is 2.13. The van der Waals surface area contributed by atoms with Crippen LogP contribution in [0.25, 0.3) is 11.8 Å². The summed E-state index contributed by atoms with van der Waals surface area (Å²) in [6.07, 6.45) is 13.4. The fraction of sp³-hybridized carbons (Fsp3) is 0.452. The molecule has 230 valence electrons. The Hall–Kier alpha value is -3.55. The first-order valence-corrected chi connectivity index (χ1v) is 17.1. The molecule has 0 unspecified atom stereocenters. The van der Waals surface area contributed by atoms with Gasteiger partial charge in [0.1, 0.15) is 4.90 Å². The summed E-state index contributed by atoms with van der Waals surface area (Å²) in [4.78, 5) is 24.3. The normalized spacial score (nSPS) is 22.0. The van der Waals surface area contributed by atoms with Gasteiger partial charge in [0, 0.05) is 36.4 Å². The van der Waals surface area contributed by atoms with Gasteiger partial charge in [0.05, 0.1) is 35.4 Å². The maximum absolute atomic E-state index is 14.7. The van der Waals surface area contributed by atoms with Crippen LogP contribution in [0.2, 0.25) is 0 Å². The smallest absolute Gasteiger partial charge is 0.246 e. The Morgan fingerprint density at radius 1 is 1.07 bits per heavy atom. The van der Waals surface area contributed by atoms with Gasteiger partial charge >= 0.3 is 0 Å². The van der Waals surface area contributed by atoms with E-state index in [1.165, 1.54) is 40.7 Å². The highest BCUT2D eigenvalue weighted by atomic mass is 32.2. The Labute approximate surface area is 259 Å². The molecule has 0 spiro atoms. The van der Waals surface area contributed by atoms with E-state index in [0.717, 1.165) is 34.5 Å². The van der Waals surface area contributed by atoms with Crippen LogP contribution in [0.4, 0.5) is 4.39 Å². The van der Waals surface area contributed by atoms with Crippen molar-refractivity contribution in [2.24, 2.45) is 12.5 Å². The maximum atomic E-state index is 14.7. The second-order valence-electron chi connectivity index (χ2n) is 13.2. The van der Waals surface area contributed by atoms with Gasteiger partial charge < -0.3 is 0 Å². The number of thiazole rings is 1. The molecule has 0 saturated heterocycles. The topological polar surface area (TPSA) is 116 Å². The van der Waals surface area contributed by atoms with Crippen LogP contribution in [0.15, 0.2) is 53.6 Å². The van der Waals surface area contributed by atoms with Gasteiger partial charge in [-0.05, 0) is 67.7 Å². The van der Waals surface area contributed by atoms with Crippen LogP contribution in [-0.4, -0.2) is 60.1 Å². The minimum absolute atomic E-state index is 0.0784. The van der Waals surface area contributed by atoms with Crippen molar-refractivity contribution in [1.82, 2.24) is 33.8 Å². The number of rotatable bonds is 7. The summed E-state index contributed by atoms with van der Waals surface area (Å²) in [7, 11) is -2.13. The van der Waals surface area contributed by atoms with E-state index >= 15 is 0 Å². The van der Waals surface area contributed by atoms with Gasteiger partial charge in [0.25, 0.3) is 0 Å². The molecule has 3 aliphatic carbocycles. The largest absolute Gasteiger partial charge is 0.290 e. The van der Waals surface area contributed by atoms with Crippen molar-refractivity contribution >= 4 is 33.2 Å². The van der Waals surface area contributed by atoms with Crippen molar-refractivity contribution in [3.8, 4) is 5.69 Å². The predicted octanol–water partition coefficient (Wildman–Crippen LogP) is 5.11. The standard InChI is InChI=1S/C31H34FN7O3S2/c1-30(2,3)26-17-34-29(43-26)28(40)31-12-19-14-36-38(23-9-10-27(32)33-15-23)25(19)11-20(31)5-6-22(13-31)39(21-7-8-21)44(41,42)24-16-35-37(4)18-24/h9-11,14-18,21-22H,5-8,12-13H2,1-4H3/t22-,31-/m0/s1. The van der Waals surface area contributed by atoms with Crippen molar-refractivity contribution in [2.45, 2.75) is 81.7 Å². The number of hydrogen-bond donors (Lipinski definition) is 0. The Balaban J connectivity index is 1.32. The first-order chi connectivity index (χ1) is 20.9. The summed E-state index contributed by atoms with van der Waals surface area (Å²) in [5.74, 6) is -0.652. The van der Waals surface area contributed by atoms with Crippen molar-refractivity contribution in [1.29, 1.82) is 0 Å². The van der Waals surface area contributed by atoms with Crippen LogP contribution in [0.3, 0.4) is 0 Å². The average Bonchev–Trinajstić information content (AvgIpc) is 3.34. The monoisotopic (exact) mass is 635 g/mol. The van der Waals surface area contributed by atoms with E-state index in [9.17, 15) is 17.6 Å². The van der Waals surface area contributed by atoms with E-state index in [0.29, 0.717) is 36.4 Å². The minimum atomic E-state index is -3.83. The number of aryl methyl sites for hydroxylation is 1. The molecule has 0 bridgehead atoms. The number of allylic oxidation sites excluding steroid dienone is 1. The lowest BCUT2D eigenvalue weighted by molar-refractivity contribution is 0.0738. The van der Waals surface area contributed by atoms with E-state index in [1.807, 2.05) is 6.08 Å². The second kappa shape index (κ2) is 10.2. The maximum Gasteiger partial charge on any atom is 0.246 e. The number of sulfonamides is 1. The average molecular weight is 636 g/mol. The molecule has 7 rings (SSSR count). The Morgan fingerprint density at radius 2 is 1.86 bits per heavy atom. The number of aromatic nitrogens is 6. The molecule has 10 nitrogen and oxygen atoms in total. The predicted molar refractivity (Wildman–Crippen MR) is 163 cm³/mol. The molecule has 0 N–H and O–H groups in total. The number of Topliss-reactive ketones (excluding diaryl/α,β-unsaturated/α-hetero) is 1. The zero-order chi connectivity index (χ0) is 31.0. The third kappa shape index (κ3) is 4.85. The van der Waals surface area contributed by atoms with Crippen molar-refractivity contribution in [2.75, 3.05) is 0 Å². The van der Waals surface area contributed by atoms with Gasteiger partial charge in [-0.25, -0.2) is 23.1 Å². The van der Waals surface area contributed by atoms with Crippen LogP contribution in [0.5, 0.6) is 0 Å². The van der Waals surface area contributed by atoms with Gasteiger partial charge in [0.2, 0.25) is 21.8 Å². The third-order valence-corrected chi connectivity index (χ3v) is 12.4. The van der Waals surface area contributed by atoms with E-state index in [-0.39, 0.29) is 28.2 Å². The Morgan fingerprint density at radius 3 is 2.50 bits per heavy atom. The number of ketones is 1. The fourth-order valence-electron chi connectivity index (χ4n) is 6.60. The Bertz CT molecular complexity index is 1900. The minimum Gasteiger partial charge on any atom is -0.290 e. The molecule has 2 atom stereocenters. The van der Waals surface area contributed by atoms with E-state index < -0.39 is 21.4 Å². The van der Waals surface area contributed by atoms with Crippen LogP contribution < -0.4 is 0 Å². The molecule has 4 aromatic heterocycles. The van der Waals surface area contributed by atoms with Gasteiger partial charge in [-0.3, -0.25) is 9.48 Å². The molecule has 3 aliphatic rings. The lowest BCUT2D eigenvalue weighted by Gasteiger charge is -2.46. The summed E-state index contributed by atoms with van der Waals surface area (Å²) in [6.45, 7) is 6.28. The highest BCUT2D eigenvalue weighted by molar-refractivity contribution is 7.89. The highest BCUT2D eigenvalue weighted by Gasteiger charge is 2.54. The van der Waals surface area contributed by atoms with Crippen LogP contribution in [0.1, 0.15) is 78.8 Å². The molecule has 4 heterocycles. The fourth-order valence-corrected chi connectivity index (χ4v) is 9.50. The van der Waals surface area contributed by atoms with Gasteiger partial charge in [0.15, 0.2) is 5.01 Å². The van der Waals surface area contributed by atoms with Gasteiger partial charge in [-0.2, -0.15) is 18.9 Å². The summed E-state index contributed by atoms with van der Waals surface area (Å²) < 4.78 is 46.5. The van der Waals surface area contributed by atoms with Crippen molar-refractivity contribution < 1.29 is 17.6 Å². The third-order valence-electron chi connectivity index (χ3n) is 8.99. The molecule has 0 aliphatic heterocycles. The molecular weight excluding hydrogens is 602 g/mol. The number of carbonyl (C=O) groups is 1. The summed E-state index contributed by atoms with van der Waals surface area (Å²) in [5, 5.41) is 9.16. The molecule has 0 amide bonds. The molecule has 2 saturated carbocycles. The number of carbonyl (C=O) groups excluding carboxylic acids is 1. The molecule has 0 aromatic carbocycles. The molecule has 4 aromatic rings. The lowest BCUT2D eigenvalue weighted by Crippen LogP contribution is -2.51. The number of hydrogen-bond acceptors (Lipinski definition) is 8. The Kier molecular flexibility index (Phi) is 6.79. The number of halogens is 1. The van der Waals surface area contributed by atoms with E-state index in [4.69, 9.17) is 0 Å². The number of fused-ring (bicyclic) bond motifs is 2. The summed E-state index contributed by atoms with van der Waals surface area (Å²) >= 11 is 1.41. The van der Waals surface area contributed by atoms with Crippen LogP contribution in [0, 0.1) is 11.4 Å². The highest BCUT2D eigenvalue weighted by Crippen LogP contribution is 2.53. The number of nitrogens with zero attached hydrogens (tertiary/aromatic N) is 7. The lowest BCUT2D eigenvalue weighted by atomic mass is 9.61. The van der Waals surface area contributed by atoms with E-state index in [1.54, 1.807) is 34.5 Å². The zero-order valence-corrected chi connectivity index (χ0v) is 26.7. The SMILES string of the molecule is Cn1cc(S(=O)(=O)N(C2CC2)[C@H]2CCC3=Cc4c(cnn4-c4ccc(F)nc4)C[C@]3(C(=O)c3ncc(C(C)(C)C)s3)C2)cn1. The molecule has 13 heteroatoms. The zero-order valence-electron chi connectivity index (χ0n) is 25.1. The quantitative estimate of drug-likeness (QED) is 0.205.